The van der Waals surface area contributed by atoms with Crippen LogP contribution in [-0.4, -0.2) is 41.7 Å². The number of ether oxygens (including phenoxy) is 2. The number of allylic oxidation sites excluding steroid dienone is 2. The Morgan fingerprint density at radius 1 is 1.26 bits per heavy atom. The summed E-state index contributed by atoms with van der Waals surface area (Å²) in [6, 6.07) is 10.7. The highest BCUT2D eigenvalue weighted by molar-refractivity contribution is 6.04. The van der Waals surface area contributed by atoms with Gasteiger partial charge in [-0.15, -0.1) is 0 Å². The molecule has 142 valence electrons. The minimum absolute atomic E-state index is 0.0886. The van der Waals surface area contributed by atoms with E-state index in [-0.39, 0.29) is 18.9 Å². The van der Waals surface area contributed by atoms with Crippen molar-refractivity contribution in [3.63, 3.8) is 0 Å². The summed E-state index contributed by atoms with van der Waals surface area (Å²) in [6.07, 6.45) is 5.50. The molecule has 2 N–H and O–H groups in total. The van der Waals surface area contributed by atoms with Crippen LogP contribution in [0.25, 0.3) is 0 Å². The van der Waals surface area contributed by atoms with E-state index >= 15 is 0 Å². The quantitative estimate of drug-likeness (QED) is 0.361. The fourth-order valence-corrected chi connectivity index (χ4v) is 2.20. The smallest absolute Gasteiger partial charge is 0.189 e. The van der Waals surface area contributed by atoms with Crippen LogP contribution >= 0.6 is 0 Å². The first-order chi connectivity index (χ1) is 13.1. The molecule has 27 heavy (non-hydrogen) atoms. The van der Waals surface area contributed by atoms with Crippen LogP contribution in [0.4, 0.5) is 0 Å². The lowest BCUT2D eigenvalue weighted by Gasteiger charge is -2.16. The summed E-state index contributed by atoms with van der Waals surface area (Å²) in [5.41, 5.74) is 1.16. The number of nitrogens with zero attached hydrogens (tertiary/aromatic N) is 1. The molecule has 1 heterocycles. The summed E-state index contributed by atoms with van der Waals surface area (Å²) in [4.78, 5) is 16.0. The zero-order valence-electron chi connectivity index (χ0n) is 15.3. The normalized spacial score (nSPS) is 12.1. The summed E-state index contributed by atoms with van der Waals surface area (Å²) < 4.78 is 11.1. The van der Waals surface area contributed by atoms with Crippen LogP contribution in [0.2, 0.25) is 0 Å². The fraction of sp³-hybridized carbons (Fsp3) is 0.238. The maximum absolute atomic E-state index is 12.1. The van der Waals surface area contributed by atoms with Gasteiger partial charge in [-0.2, -0.15) is 0 Å². The van der Waals surface area contributed by atoms with E-state index in [9.17, 15) is 9.90 Å². The van der Waals surface area contributed by atoms with E-state index in [1.54, 1.807) is 43.5 Å². The van der Waals surface area contributed by atoms with Crippen molar-refractivity contribution in [1.29, 1.82) is 0 Å². The first-order valence-electron chi connectivity index (χ1n) is 8.60. The van der Waals surface area contributed by atoms with Gasteiger partial charge < -0.3 is 19.9 Å². The number of hydrogen-bond donors (Lipinski definition) is 2. The van der Waals surface area contributed by atoms with E-state index in [0.29, 0.717) is 29.4 Å². The Labute approximate surface area is 159 Å². The van der Waals surface area contributed by atoms with Gasteiger partial charge in [0.15, 0.2) is 17.3 Å². The molecule has 0 saturated heterocycles. The highest BCUT2D eigenvalue weighted by Crippen LogP contribution is 2.26. The molecule has 1 aromatic carbocycles. The van der Waals surface area contributed by atoms with Gasteiger partial charge in [0.05, 0.1) is 0 Å². The maximum Gasteiger partial charge on any atom is 0.189 e. The topological polar surface area (TPSA) is 80.7 Å². The second-order valence-electron chi connectivity index (χ2n) is 5.83. The molecular formula is C21H24N2O4. The SMILES string of the molecule is C=CCOc1ccccc1OCC(O)CN/C(C)=C/C(=O)c1cccnc1. The molecule has 6 nitrogen and oxygen atoms in total. The lowest BCUT2D eigenvalue weighted by atomic mass is 10.1. The minimum Gasteiger partial charge on any atom is -0.487 e. The molecule has 1 atom stereocenters. The molecule has 0 aliphatic heterocycles. The number of pyridine rings is 1. The van der Waals surface area contributed by atoms with Crippen molar-refractivity contribution >= 4 is 5.78 Å². The van der Waals surface area contributed by atoms with E-state index in [4.69, 9.17) is 9.47 Å². The number of para-hydroxylation sites is 2. The van der Waals surface area contributed by atoms with Crippen LogP contribution in [0.15, 0.2) is 73.2 Å². The lowest BCUT2D eigenvalue weighted by molar-refractivity contribution is 0.103. The summed E-state index contributed by atoms with van der Waals surface area (Å²) >= 11 is 0. The summed E-state index contributed by atoms with van der Waals surface area (Å²) in [6.45, 7) is 6.09. The third kappa shape index (κ3) is 6.95. The number of ketones is 1. The van der Waals surface area contributed by atoms with Crippen LogP contribution in [0.3, 0.4) is 0 Å². The lowest BCUT2D eigenvalue weighted by Crippen LogP contribution is -2.30. The highest BCUT2D eigenvalue weighted by Gasteiger charge is 2.09. The van der Waals surface area contributed by atoms with Crippen LogP contribution in [0.5, 0.6) is 11.5 Å². The molecular weight excluding hydrogens is 344 g/mol. The number of rotatable bonds is 11. The van der Waals surface area contributed by atoms with Crippen LogP contribution in [0.1, 0.15) is 17.3 Å². The van der Waals surface area contributed by atoms with E-state index in [2.05, 4.69) is 16.9 Å². The van der Waals surface area contributed by atoms with Gasteiger partial charge in [-0.25, -0.2) is 0 Å². The summed E-state index contributed by atoms with van der Waals surface area (Å²) in [5.74, 6) is 1.00. The third-order valence-electron chi connectivity index (χ3n) is 3.55. The van der Waals surface area contributed by atoms with Crippen molar-refractivity contribution in [2.75, 3.05) is 19.8 Å². The number of hydrogen-bond acceptors (Lipinski definition) is 6. The maximum atomic E-state index is 12.1. The van der Waals surface area contributed by atoms with Crippen molar-refractivity contribution in [2.45, 2.75) is 13.0 Å². The second kappa shape index (κ2) is 10.8. The first kappa shape index (κ1) is 20.2. The molecule has 0 bridgehead atoms. The molecule has 0 aliphatic rings. The zero-order valence-corrected chi connectivity index (χ0v) is 15.3. The van der Waals surface area contributed by atoms with Gasteiger partial charge in [-0.05, 0) is 31.2 Å². The van der Waals surface area contributed by atoms with Crippen molar-refractivity contribution in [3.8, 4) is 11.5 Å². The standard InChI is InChI=1S/C21H24N2O4/c1-3-11-26-20-8-4-5-9-21(20)27-15-18(24)14-23-16(2)12-19(25)17-7-6-10-22-13-17/h3-10,12-13,18,23-24H,1,11,14-15H2,2H3/b16-12+. The molecule has 0 radical (unpaired) electrons. The minimum atomic E-state index is -0.755. The predicted octanol–water partition coefficient (Wildman–Crippen LogP) is 2.76. The van der Waals surface area contributed by atoms with E-state index in [1.165, 1.54) is 12.3 Å². The molecule has 0 fully saturated rings. The Balaban J connectivity index is 1.81. The number of carbonyl (C=O) groups is 1. The van der Waals surface area contributed by atoms with Crippen molar-refractivity contribution in [2.24, 2.45) is 0 Å². The highest BCUT2D eigenvalue weighted by atomic mass is 16.5. The molecule has 0 spiro atoms. The molecule has 0 aliphatic carbocycles. The molecule has 2 rings (SSSR count). The van der Waals surface area contributed by atoms with Gasteiger partial charge >= 0.3 is 0 Å². The predicted molar refractivity (Wildman–Crippen MR) is 104 cm³/mol. The Kier molecular flexibility index (Phi) is 8.06. The molecule has 1 aromatic heterocycles. The van der Waals surface area contributed by atoms with Crippen molar-refractivity contribution in [1.82, 2.24) is 10.3 Å². The largest absolute Gasteiger partial charge is 0.487 e. The van der Waals surface area contributed by atoms with E-state index in [0.717, 1.165) is 0 Å². The number of aliphatic hydroxyl groups is 1. The van der Waals surface area contributed by atoms with Gasteiger partial charge in [0.25, 0.3) is 0 Å². The molecule has 0 saturated carbocycles. The first-order valence-corrected chi connectivity index (χ1v) is 8.60. The van der Waals surface area contributed by atoms with Crippen LogP contribution in [0, 0.1) is 0 Å². The Hall–Kier alpha value is -3.12. The van der Waals surface area contributed by atoms with E-state index in [1.807, 2.05) is 12.1 Å². The van der Waals surface area contributed by atoms with Gasteiger partial charge in [0, 0.05) is 36.3 Å². The van der Waals surface area contributed by atoms with Crippen LogP contribution in [-0.2, 0) is 0 Å². The number of carbonyl (C=O) groups excluding carboxylic acids is 1. The average molecular weight is 368 g/mol. The van der Waals surface area contributed by atoms with E-state index < -0.39 is 6.10 Å². The number of benzene rings is 1. The zero-order chi connectivity index (χ0) is 19.5. The van der Waals surface area contributed by atoms with Crippen LogP contribution < -0.4 is 14.8 Å². The molecule has 2 aromatic rings. The van der Waals surface area contributed by atoms with Gasteiger partial charge in [0.1, 0.15) is 19.3 Å². The van der Waals surface area contributed by atoms with Crippen molar-refractivity contribution in [3.05, 3.63) is 78.8 Å². The second-order valence-corrected chi connectivity index (χ2v) is 5.83. The molecule has 1 unspecified atom stereocenters. The summed E-state index contributed by atoms with van der Waals surface area (Å²) in [5, 5.41) is 13.1. The van der Waals surface area contributed by atoms with Gasteiger partial charge in [-0.3, -0.25) is 9.78 Å². The number of aromatic nitrogens is 1. The molecule has 6 heteroatoms. The Bertz CT molecular complexity index is 775. The fourth-order valence-electron chi connectivity index (χ4n) is 2.20. The average Bonchev–Trinajstić information content (AvgIpc) is 2.70. The number of nitrogens with one attached hydrogen (secondary N) is 1. The monoisotopic (exact) mass is 368 g/mol. The van der Waals surface area contributed by atoms with Crippen molar-refractivity contribution < 1.29 is 19.4 Å². The summed E-state index contributed by atoms with van der Waals surface area (Å²) in [7, 11) is 0. The Morgan fingerprint density at radius 3 is 2.67 bits per heavy atom. The Morgan fingerprint density at radius 2 is 2.00 bits per heavy atom. The third-order valence-corrected chi connectivity index (χ3v) is 3.55. The van der Waals surface area contributed by atoms with Gasteiger partial charge in [0.2, 0.25) is 0 Å². The number of aliphatic hydroxyl groups excluding tert-OH is 1. The molecule has 0 amide bonds. The van der Waals surface area contributed by atoms with Gasteiger partial charge in [-0.1, -0.05) is 24.8 Å².